The Kier molecular flexibility index (Phi) is 7.16. The number of nitrogens with one attached hydrogen (secondary N) is 2. The Morgan fingerprint density at radius 1 is 1.00 bits per heavy atom. The van der Waals surface area contributed by atoms with Gasteiger partial charge in [0.15, 0.2) is 0 Å². The third kappa shape index (κ3) is 5.76. The van der Waals surface area contributed by atoms with E-state index in [0.29, 0.717) is 12.2 Å². The van der Waals surface area contributed by atoms with E-state index < -0.39 is 0 Å². The summed E-state index contributed by atoms with van der Waals surface area (Å²) in [6, 6.07) is 10.2. The van der Waals surface area contributed by atoms with Crippen LogP contribution in [0.15, 0.2) is 36.4 Å². The molecule has 29 heavy (non-hydrogen) atoms. The number of nitrogens with zero attached hydrogens (tertiary/aromatic N) is 3. The van der Waals surface area contributed by atoms with Crippen molar-refractivity contribution in [3.8, 4) is 11.3 Å². The van der Waals surface area contributed by atoms with E-state index in [2.05, 4.69) is 27.3 Å². The van der Waals surface area contributed by atoms with Gasteiger partial charge >= 0.3 is 0 Å². The molecule has 3 rings (SSSR count). The third-order valence-corrected chi connectivity index (χ3v) is 4.93. The number of rotatable bonds is 10. The van der Waals surface area contributed by atoms with Gasteiger partial charge in [-0.2, -0.15) is 10.2 Å². The van der Waals surface area contributed by atoms with Crippen molar-refractivity contribution in [2.24, 2.45) is 0 Å². The van der Waals surface area contributed by atoms with Crippen LogP contribution in [0.5, 0.6) is 0 Å². The molecule has 7 heteroatoms. The van der Waals surface area contributed by atoms with Crippen molar-refractivity contribution in [2.75, 3.05) is 13.6 Å². The average molecular weight is 397 g/mol. The number of aryl methyl sites for hydroxylation is 2. The predicted octanol–water partition coefficient (Wildman–Crippen LogP) is 4.38. The van der Waals surface area contributed by atoms with E-state index in [1.54, 1.807) is 17.0 Å². The number of amides is 1. The summed E-state index contributed by atoms with van der Waals surface area (Å²) in [5.41, 5.74) is 4.28. The van der Waals surface area contributed by atoms with Gasteiger partial charge in [0.1, 0.15) is 11.5 Å². The van der Waals surface area contributed by atoms with E-state index in [1.165, 1.54) is 12.1 Å². The zero-order valence-electron chi connectivity index (χ0n) is 17.0. The van der Waals surface area contributed by atoms with Crippen molar-refractivity contribution in [1.82, 2.24) is 25.3 Å². The predicted molar refractivity (Wildman–Crippen MR) is 111 cm³/mol. The van der Waals surface area contributed by atoms with Crippen LogP contribution in [0, 0.1) is 5.82 Å². The second kappa shape index (κ2) is 10.0. The number of carbonyl (C=O) groups excluding carboxylic acids is 1. The molecule has 1 amide bonds. The molecule has 0 bridgehead atoms. The Morgan fingerprint density at radius 2 is 1.72 bits per heavy atom. The van der Waals surface area contributed by atoms with Gasteiger partial charge in [-0.25, -0.2) is 4.39 Å². The highest BCUT2D eigenvalue weighted by atomic mass is 19.1. The second-order valence-corrected chi connectivity index (χ2v) is 7.35. The summed E-state index contributed by atoms with van der Waals surface area (Å²) >= 11 is 0. The van der Waals surface area contributed by atoms with Crippen LogP contribution in [-0.4, -0.2) is 44.8 Å². The number of carbonyl (C=O) groups is 1. The van der Waals surface area contributed by atoms with Crippen LogP contribution in [0.4, 0.5) is 4.39 Å². The first-order valence-corrected chi connectivity index (χ1v) is 10.2. The van der Waals surface area contributed by atoms with Crippen LogP contribution in [0.2, 0.25) is 0 Å². The zero-order chi connectivity index (χ0) is 20.6. The molecule has 0 saturated heterocycles. The lowest BCUT2D eigenvalue weighted by Crippen LogP contribution is -2.28. The highest BCUT2D eigenvalue weighted by Crippen LogP contribution is 2.19. The molecule has 0 atom stereocenters. The standard InChI is InChI=1S/C22H28FN5O/c1-3-7-18-15-21(27-24-18)22(29)28(2)13-6-4-5-8-19-14-20(26-25-19)16-9-11-17(23)12-10-16/h9-12,14-15H,3-8,13H2,1-2H3,(H,24,27)(H,25,26). The van der Waals surface area contributed by atoms with Crippen molar-refractivity contribution in [3.63, 3.8) is 0 Å². The van der Waals surface area contributed by atoms with Gasteiger partial charge in [0.05, 0.1) is 5.69 Å². The number of aromatic amines is 2. The molecule has 0 unspecified atom stereocenters. The molecule has 6 nitrogen and oxygen atoms in total. The first kappa shape index (κ1) is 20.8. The van der Waals surface area contributed by atoms with E-state index in [0.717, 1.165) is 61.2 Å². The van der Waals surface area contributed by atoms with Crippen molar-refractivity contribution < 1.29 is 9.18 Å². The third-order valence-electron chi connectivity index (χ3n) is 4.93. The van der Waals surface area contributed by atoms with Gasteiger partial charge in [-0.05, 0) is 62.1 Å². The Morgan fingerprint density at radius 3 is 2.48 bits per heavy atom. The molecule has 0 aliphatic carbocycles. The maximum atomic E-state index is 13.0. The number of benzene rings is 1. The Bertz CT molecular complexity index is 915. The van der Waals surface area contributed by atoms with Crippen LogP contribution in [-0.2, 0) is 12.8 Å². The van der Waals surface area contributed by atoms with Crippen LogP contribution < -0.4 is 0 Å². The Labute approximate surface area is 170 Å². The van der Waals surface area contributed by atoms with E-state index in [9.17, 15) is 9.18 Å². The fourth-order valence-corrected chi connectivity index (χ4v) is 3.27. The SMILES string of the molecule is CCCc1cc(C(=O)N(C)CCCCCc2cc(-c3ccc(F)cc3)n[nH]2)n[nH]1. The fourth-order valence-electron chi connectivity index (χ4n) is 3.27. The minimum atomic E-state index is -0.248. The monoisotopic (exact) mass is 397 g/mol. The van der Waals surface area contributed by atoms with E-state index in [-0.39, 0.29) is 11.7 Å². The van der Waals surface area contributed by atoms with Crippen molar-refractivity contribution >= 4 is 5.91 Å². The highest BCUT2D eigenvalue weighted by molar-refractivity contribution is 5.92. The molecule has 0 fully saturated rings. The molecule has 154 valence electrons. The quantitative estimate of drug-likeness (QED) is 0.499. The van der Waals surface area contributed by atoms with Gasteiger partial charge in [0, 0.05) is 30.5 Å². The zero-order valence-corrected chi connectivity index (χ0v) is 17.0. The molecule has 2 aromatic heterocycles. The number of aromatic nitrogens is 4. The molecule has 2 heterocycles. The first-order valence-electron chi connectivity index (χ1n) is 10.2. The Balaban J connectivity index is 1.38. The molecule has 0 aliphatic heterocycles. The molecule has 0 spiro atoms. The lowest BCUT2D eigenvalue weighted by atomic mass is 10.1. The van der Waals surface area contributed by atoms with Crippen molar-refractivity contribution in [2.45, 2.75) is 45.4 Å². The first-order chi connectivity index (χ1) is 14.1. The number of unbranched alkanes of at least 4 members (excludes halogenated alkanes) is 2. The van der Waals surface area contributed by atoms with Crippen molar-refractivity contribution in [3.05, 3.63) is 59.3 Å². The van der Waals surface area contributed by atoms with Gasteiger partial charge in [-0.1, -0.05) is 19.8 Å². The van der Waals surface area contributed by atoms with E-state index in [4.69, 9.17) is 0 Å². The molecule has 0 radical (unpaired) electrons. The summed E-state index contributed by atoms with van der Waals surface area (Å²) in [6.07, 6.45) is 5.78. The van der Waals surface area contributed by atoms with Crippen molar-refractivity contribution in [1.29, 1.82) is 0 Å². The Hall–Kier alpha value is -2.96. The van der Waals surface area contributed by atoms with Crippen LogP contribution in [0.25, 0.3) is 11.3 Å². The van der Waals surface area contributed by atoms with Crippen LogP contribution in [0.1, 0.15) is 54.5 Å². The molecule has 0 aliphatic rings. The average Bonchev–Trinajstić information content (AvgIpc) is 3.38. The minimum absolute atomic E-state index is 0.0406. The summed E-state index contributed by atoms with van der Waals surface area (Å²) in [5, 5.41) is 14.4. The highest BCUT2D eigenvalue weighted by Gasteiger charge is 2.14. The fraction of sp³-hybridized carbons (Fsp3) is 0.409. The maximum absolute atomic E-state index is 13.0. The summed E-state index contributed by atoms with van der Waals surface area (Å²) in [5.74, 6) is -0.289. The van der Waals surface area contributed by atoms with Crippen LogP contribution >= 0.6 is 0 Å². The largest absolute Gasteiger partial charge is 0.340 e. The minimum Gasteiger partial charge on any atom is -0.340 e. The number of hydrogen-bond donors (Lipinski definition) is 2. The van der Waals surface area contributed by atoms with Crippen LogP contribution in [0.3, 0.4) is 0 Å². The molecule has 3 aromatic rings. The summed E-state index contributed by atoms with van der Waals surface area (Å²) in [7, 11) is 1.82. The molecular formula is C22H28FN5O. The summed E-state index contributed by atoms with van der Waals surface area (Å²) < 4.78 is 13.0. The number of halogens is 1. The normalized spacial score (nSPS) is 11.0. The van der Waals surface area contributed by atoms with Gasteiger partial charge in [-0.15, -0.1) is 0 Å². The smallest absolute Gasteiger partial charge is 0.274 e. The van der Waals surface area contributed by atoms with Gasteiger partial charge in [0.2, 0.25) is 0 Å². The summed E-state index contributed by atoms with van der Waals surface area (Å²) in [6.45, 7) is 2.81. The maximum Gasteiger partial charge on any atom is 0.274 e. The topological polar surface area (TPSA) is 77.7 Å². The lowest BCUT2D eigenvalue weighted by molar-refractivity contribution is 0.0786. The number of H-pyrrole nitrogens is 2. The molecule has 1 aromatic carbocycles. The lowest BCUT2D eigenvalue weighted by Gasteiger charge is -2.15. The van der Waals surface area contributed by atoms with Gasteiger partial charge in [-0.3, -0.25) is 15.0 Å². The van der Waals surface area contributed by atoms with Gasteiger partial charge < -0.3 is 4.90 Å². The van der Waals surface area contributed by atoms with Gasteiger partial charge in [0.25, 0.3) is 5.91 Å². The molecular weight excluding hydrogens is 369 g/mol. The molecule has 2 N–H and O–H groups in total. The summed E-state index contributed by atoms with van der Waals surface area (Å²) in [4.78, 5) is 14.1. The van der Waals surface area contributed by atoms with E-state index in [1.807, 2.05) is 19.2 Å². The number of hydrogen-bond acceptors (Lipinski definition) is 3. The van der Waals surface area contributed by atoms with E-state index >= 15 is 0 Å². The molecule has 0 saturated carbocycles. The second-order valence-electron chi connectivity index (χ2n) is 7.35.